The zero-order valence-corrected chi connectivity index (χ0v) is 12.8. The van der Waals surface area contributed by atoms with Crippen LogP contribution in [0.3, 0.4) is 0 Å². The molecule has 1 aromatic heterocycles. The van der Waals surface area contributed by atoms with Crippen LogP contribution in [0.25, 0.3) is 6.08 Å². The second-order valence-corrected chi connectivity index (χ2v) is 5.55. The second kappa shape index (κ2) is 5.61. The molecule has 1 aliphatic rings. The van der Waals surface area contributed by atoms with Gasteiger partial charge in [-0.15, -0.1) is 0 Å². The maximum atomic E-state index is 11.9. The molecular formula is C16H11BrN2O2. The van der Waals surface area contributed by atoms with E-state index in [1.807, 2.05) is 31.2 Å². The lowest BCUT2D eigenvalue weighted by Gasteiger charge is -1.98. The summed E-state index contributed by atoms with van der Waals surface area (Å²) in [6, 6.07) is 9.63. The lowest BCUT2D eigenvalue weighted by molar-refractivity contribution is -0.129. The molecule has 0 spiro atoms. The number of benzene rings is 1. The van der Waals surface area contributed by atoms with Crippen molar-refractivity contribution in [3.8, 4) is 0 Å². The Kier molecular flexibility index (Phi) is 3.66. The number of carbonyl (C=O) groups is 1. The summed E-state index contributed by atoms with van der Waals surface area (Å²) in [5.74, 6) is -0.183. The van der Waals surface area contributed by atoms with Crippen LogP contribution in [-0.4, -0.2) is 16.9 Å². The molecule has 2 heterocycles. The summed E-state index contributed by atoms with van der Waals surface area (Å²) in [4.78, 5) is 20.2. The van der Waals surface area contributed by atoms with Crippen LogP contribution in [0.2, 0.25) is 0 Å². The quantitative estimate of drug-likeness (QED) is 0.620. The number of carbonyl (C=O) groups excluding carboxylic acids is 1. The highest BCUT2D eigenvalue weighted by atomic mass is 79.9. The maximum Gasteiger partial charge on any atom is 0.363 e. The highest BCUT2D eigenvalue weighted by molar-refractivity contribution is 9.10. The fourth-order valence-corrected chi connectivity index (χ4v) is 2.25. The van der Waals surface area contributed by atoms with E-state index in [-0.39, 0.29) is 11.6 Å². The molecule has 0 N–H and O–H groups in total. The van der Waals surface area contributed by atoms with Gasteiger partial charge in [-0.2, -0.15) is 0 Å². The van der Waals surface area contributed by atoms with Gasteiger partial charge in [0.05, 0.1) is 5.56 Å². The summed E-state index contributed by atoms with van der Waals surface area (Å²) in [5.41, 5.74) is 3.01. The normalized spacial score (nSPS) is 16.0. The lowest BCUT2D eigenvalue weighted by Crippen LogP contribution is -2.05. The molecular weight excluding hydrogens is 332 g/mol. The van der Waals surface area contributed by atoms with Crippen molar-refractivity contribution in [3.63, 3.8) is 0 Å². The number of esters is 1. The number of halogens is 1. The van der Waals surface area contributed by atoms with Gasteiger partial charge < -0.3 is 4.74 Å². The molecule has 5 heteroatoms. The summed E-state index contributed by atoms with van der Waals surface area (Å²) < 4.78 is 5.99. The molecule has 104 valence electrons. The highest BCUT2D eigenvalue weighted by Crippen LogP contribution is 2.20. The Morgan fingerprint density at radius 3 is 2.67 bits per heavy atom. The van der Waals surface area contributed by atoms with E-state index in [1.54, 1.807) is 24.5 Å². The topological polar surface area (TPSA) is 51.6 Å². The molecule has 3 rings (SSSR count). The van der Waals surface area contributed by atoms with Gasteiger partial charge in [0.2, 0.25) is 5.90 Å². The molecule has 21 heavy (non-hydrogen) atoms. The molecule has 0 radical (unpaired) electrons. The molecule has 1 aliphatic heterocycles. The maximum absolute atomic E-state index is 11.9. The Bertz CT molecular complexity index is 764. The van der Waals surface area contributed by atoms with Gasteiger partial charge in [0, 0.05) is 16.9 Å². The number of hydrogen-bond donors (Lipinski definition) is 0. The van der Waals surface area contributed by atoms with Crippen molar-refractivity contribution in [2.75, 3.05) is 0 Å². The van der Waals surface area contributed by atoms with Crippen molar-refractivity contribution in [2.45, 2.75) is 6.92 Å². The van der Waals surface area contributed by atoms with E-state index in [9.17, 15) is 4.79 Å². The highest BCUT2D eigenvalue weighted by Gasteiger charge is 2.24. The number of aryl methyl sites for hydroxylation is 1. The van der Waals surface area contributed by atoms with Gasteiger partial charge >= 0.3 is 5.97 Å². The molecule has 0 bridgehead atoms. The van der Waals surface area contributed by atoms with Gasteiger partial charge in [-0.05, 0) is 40.6 Å². The Morgan fingerprint density at radius 1 is 1.19 bits per heavy atom. The molecule has 0 saturated carbocycles. The van der Waals surface area contributed by atoms with E-state index in [0.717, 1.165) is 15.6 Å². The van der Waals surface area contributed by atoms with Crippen LogP contribution in [0.15, 0.2) is 57.9 Å². The van der Waals surface area contributed by atoms with Gasteiger partial charge in [-0.3, -0.25) is 4.98 Å². The number of cyclic esters (lactones) is 1. The van der Waals surface area contributed by atoms with Gasteiger partial charge in [0.25, 0.3) is 0 Å². The second-order valence-electron chi connectivity index (χ2n) is 4.64. The van der Waals surface area contributed by atoms with Crippen molar-refractivity contribution in [1.82, 2.24) is 4.98 Å². The Labute approximate surface area is 130 Å². The van der Waals surface area contributed by atoms with E-state index in [4.69, 9.17) is 4.74 Å². The Morgan fingerprint density at radius 2 is 1.95 bits per heavy atom. The third-order valence-corrected chi connectivity index (χ3v) is 3.39. The largest absolute Gasteiger partial charge is 0.402 e. The van der Waals surface area contributed by atoms with Gasteiger partial charge in [-0.25, -0.2) is 9.79 Å². The summed E-state index contributed by atoms with van der Waals surface area (Å²) in [5, 5.41) is 0. The number of aliphatic imine (C=N–C) groups is 1. The fourth-order valence-electron chi connectivity index (χ4n) is 1.88. The standard InChI is InChI=1S/C16H11BrN2O2/c1-10-2-4-11(5-3-10)6-14-16(20)21-15(19-14)12-7-13(17)9-18-8-12/h2-9H,1H3. The number of pyridine rings is 1. The molecule has 0 fully saturated rings. The number of hydrogen-bond acceptors (Lipinski definition) is 4. The molecule has 0 unspecified atom stereocenters. The monoisotopic (exact) mass is 342 g/mol. The average Bonchev–Trinajstić information content (AvgIpc) is 2.83. The van der Waals surface area contributed by atoms with Crippen LogP contribution < -0.4 is 0 Å². The minimum absolute atomic E-state index is 0.271. The third-order valence-electron chi connectivity index (χ3n) is 2.95. The van der Waals surface area contributed by atoms with Crippen LogP contribution in [0.5, 0.6) is 0 Å². The van der Waals surface area contributed by atoms with Crippen LogP contribution in [0, 0.1) is 6.92 Å². The summed E-state index contributed by atoms with van der Waals surface area (Å²) >= 11 is 3.33. The molecule has 4 nitrogen and oxygen atoms in total. The van der Waals surface area contributed by atoms with Crippen molar-refractivity contribution >= 4 is 33.9 Å². The Balaban J connectivity index is 1.93. The predicted molar refractivity (Wildman–Crippen MR) is 83.7 cm³/mol. The van der Waals surface area contributed by atoms with Crippen LogP contribution >= 0.6 is 15.9 Å². The van der Waals surface area contributed by atoms with E-state index in [1.165, 1.54) is 0 Å². The minimum Gasteiger partial charge on any atom is -0.402 e. The molecule has 0 amide bonds. The molecule has 2 aromatic rings. The number of aromatic nitrogens is 1. The van der Waals surface area contributed by atoms with Crippen molar-refractivity contribution in [2.24, 2.45) is 4.99 Å². The summed E-state index contributed by atoms with van der Waals surface area (Å²) in [6.45, 7) is 2.01. The summed E-state index contributed by atoms with van der Waals surface area (Å²) in [6.07, 6.45) is 4.97. The van der Waals surface area contributed by atoms with Crippen molar-refractivity contribution in [1.29, 1.82) is 0 Å². The predicted octanol–water partition coefficient (Wildman–Crippen LogP) is 3.50. The number of nitrogens with zero attached hydrogens (tertiary/aromatic N) is 2. The van der Waals surface area contributed by atoms with Gasteiger partial charge in [0.1, 0.15) is 0 Å². The first-order valence-electron chi connectivity index (χ1n) is 6.32. The smallest absolute Gasteiger partial charge is 0.363 e. The van der Waals surface area contributed by atoms with Crippen LogP contribution in [-0.2, 0) is 9.53 Å². The number of rotatable bonds is 2. The zero-order valence-electron chi connectivity index (χ0n) is 11.2. The van der Waals surface area contributed by atoms with E-state index < -0.39 is 5.97 Å². The van der Waals surface area contributed by atoms with Crippen LogP contribution in [0.1, 0.15) is 16.7 Å². The zero-order chi connectivity index (χ0) is 14.8. The first-order chi connectivity index (χ1) is 10.1. The molecule has 0 atom stereocenters. The third kappa shape index (κ3) is 3.08. The Hall–Kier alpha value is -2.27. The van der Waals surface area contributed by atoms with Crippen molar-refractivity contribution in [3.05, 3.63) is 69.6 Å². The SMILES string of the molecule is Cc1ccc(C=C2N=C(c3cncc(Br)c3)OC2=O)cc1. The van der Waals surface area contributed by atoms with Gasteiger partial charge in [-0.1, -0.05) is 29.8 Å². The summed E-state index contributed by atoms with van der Waals surface area (Å²) in [7, 11) is 0. The van der Waals surface area contributed by atoms with Gasteiger partial charge in [0.15, 0.2) is 5.70 Å². The van der Waals surface area contributed by atoms with E-state index >= 15 is 0 Å². The molecule has 0 saturated heterocycles. The molecule has 1 aromatic carbocycles. The fraction of sp³-hybridized carbons (Fsp3) is 0.0625. The minimum atomic E-state index is -0.453. The average molecular weight is 343 g/mol. The van der Waals surface area contributed by atoms with Crippen LogP contribution in [0.4, 0.5) is 0 Å². The van der Waals surface area contributed by atoms with E-state index in [2.05, 4.69) is 25.9 Å². The molecule has 0 aliphatic carbocycles. The first-order valence-corrected chi connectivity index (χ1v) is 7.11. The number of ether oxygens (including phenoxy) is 1. The first kappa shape index (κ1) is 13.7. The van der Waals surface area contributed by atoms with Crippen molar-refractivity contribution < 1.29 is 9.53 Å². The van der Waals surface area contributed by atoms with E-state index in [0.29, 0.717) is 5.56 Å². The lowest BCUT2D eigenvalue weighted by atomic mass is 10.1.